The van der Waals surface area contributed by atoms with Gasteiger partial charge in [0.25, 0.3) is 5.91 Å². The van der Waals surface area contributed by atoms with Gasteiger partial charge in [-0.2, -0.15) is 0 Å². The maximum Gasteiger partial charge on any atom is 0.255 e. The van der Waals surface area contributed by atoms with Crippen LogP contribution in [0.3, 0.4) is 0 Å². The third-order valence-electron chi connectivity index (χ3n) is 7.51. The highest BCUT2D eigenvalue weighted by molar-refractivity contribution is 7.92. The molecule has 0 saturated heterocycles. The van der Waals surface area contributed by atoms with E-state index >= 15 is 0 Å². The molecule has 0 aliphatic heterocycles. The summed E-state index contributed by atoms with van der Waals surface area (Å²) >= 11 is 7.50. The van der Waals surface area contributed by atoms with Gasteiger partial charge >= 0.3 is 0 Å². The Morgan fingerprint density at radius 1 is 1.14 bits per heavy atom. The molecule has 2 fully saturated rings. The molecule has 2 aromatic carbocycles. The molecule has 5 atom stereocenters. The smallest absolute Gasteiger partial charge is 0.255 e. The van der Waals surface area contributed by atoms with Gasteiger partial charge in [0.2, 0.25) is 0 Å². The number of rotatable bonds is 6. The average Bonchev–Trinajstić information content (AvgIpc) is 3.43. The Labute approximate surface area is 221 Å². The molecule has 37 heavy (non-hydrogen) atoms. The van der Waals surface area contributed by atoms with E-state index in [1.165, 1.54) is 35.6 Å². The van der Waals surface area contributed by atoms with Gasteiger partial charge in [0.1, 0.15) is 16.7 Å². The van der Waals surface area contributed by atoms with E-state index in [4.69, 9.17) is 11.6 Å². The predicted octanol–water partition coefficient (Wildman–Crippen LogP) is 4.75. The standard InChI is InChI=1S/C25H23ClF2N2O5S2/c26-18-5-1-13(23(32)30-16-4-6-19(27)20(28)12-16)9-21(18)37(34,35)17-10-14-2-3-15(11-17)25(14,33)22(31)24-29-7-8-36-24/h1,4-9,12,14-15,17,22,31,33H,2-3,10-11H2,(H,30,32)/t14-,15+,17?,22-,25?/m1/s1. The molecule has 196 valence electrons. The minimum atomic E-state index is -4.02. The number of halogens is 3. The van der Waals surface area contributed by atoms with Crippen LogP contribution < -0.4 is 5.32 Å². The molecule has 2 aliphatic rings. The van der Waals surface area contributed by atoms with Crippen molar-refractivity contribution in [3.8, 4) is 0 Å². The van der Waals surface area contributed by atoms with Crippen molar-refractivity contribution in [2.24, 2.45) is 11.8 Å². The van der Waals surface area contributed by atoms with Crippen LogP contribution in [0.5, 0.6) is 0 Å². The first-order valence-corrected chi connectivity index (χ1v) is 14.4. The van der Waals surface area contributed by atoms with E-state index in [-0.39, 0.29) is 34.0 Å². The fourth-order valence-electron chi connectivity index (χ4n) is 5.63. The van der Waals surface area contributed by atoms with Gasteiger partial charge in [-0.1, -0.05) is 11.6 Å². The van der Waals surface area contributed by atoms with Crippen LogP contribution in [0, 0.1) is 23.5 Å². The molecule has 2 aliphatic carbocycles. The zero-order valence-electron chi connectivity index (χ0n) is 19.3. The second-order valence-corrected chi connectivity index (χ2v) is 13.0. The van der Waals surface area contributed by atoms with E-state index in [0.717, 1.165) is 12.1 Å². The molecular weight excluding hydrogens is 546 g/mol. The molecule has 7 nitrogen and oxygen atoms in total. The largest absolute Gasteiger partial charge is 0.386 e. The molecule has 12 heteroatoms. The molecule has 3 aromatic rings. The number of aromatic nitrogens is 1. The lowest BCUT2D eigenvalue weighted by molar-refractivity contribution is -0.144. The first-order valence-electron chi connectivity index (χ1n) is 11.6. The maximum atomic E-state index is 13.7. The number of thiazole rings is 1. The highest BCUT2D eigenvalue weighted by Gasteiger charge is 2.59. The summed E-state index contributed by atoms with van der Waals surface area (Å²) in [6, 6.07) is 6.68. The van der Waals surface area contributed by atoms with Crippen molar-refractivity contribution in [2.45, 2.75) is 47.5 Å². The van der Waals surface area contributed by atoms with Crippen molar-refractivity contribution in [1.29, 1.82) is 0 Å². The molecule has 2 unspecified atom stereocenters. The SMILES string of the molecule is O=C(Nc1ccc(F)c(F)c1)c1ccc(Cl)c(S(=O)(=O)C2C[C@H]3CC[C@@H](C2)C3(O)[C@H](O)c2nccs2)c1. The third kappa shape index (κ3) is 4.57. The van der Waals surface area contributed by atoms with Gasteiger partial charge in [-0.3, -0.25) is 4.79 Å². The van der Waals surface area contributed by atoms with E-state index in [2.05, 4.69) is 10.3 Å². The summed E-state index contributed by atoms with van der Waals surface area (Å²) in [5.74, 6) is -3.83. The molecule has 5 rings (SSSR count). The number of fused-ring (bicyclic) bond motifs is 2. The summed E-state index contributed by atoms with van der Waals surface area (Å²) in [7, 11) is -4.02. The van der Waals surface area contributed by atoms with Gasteiger partial charge in [-0.05, 0) is 67.9 Å². The molecule has 1 heterocycles. The summed E-state index contributed by atoms with van der Waals surface area (Å²) in [5.41, 5.74) is -1.49. The lowest BCUT2D eigenvalue weighted by Crippen LogP contribution is -2.52. The van der Waals surface area contributed by atoms with E-state index in [9.17, 15) is 32.2 Å². The molecule has 0 spiro atoms. The van der Waals surface area contributed by atoms with Crippen molar-refractivity contribution in [2.75, 3.05) is 5.32 Å². The second kappa shape index (κ2) is 9.70. The average molecular weight is 569 g/mol. The van der Waals surface area contributed by atoms with Gasteiger partial charge in [0.15, 0.2) is 21.5 Å². The van der Waals surface area contributed by atoms with E-state index in [0.29, 0.717) is 17.8 Å². The Bertz CT molecular complexity index is 1440. The molecule has 1 aromatic heterocycles. The Morgan fingerprint density at radius 3 is 2.46 bits per heavy atom. The lowest BCUT2D eigenvalue weighted by Gasteiger charge is -2.44. The number of nitrogens with zero attached hydrogens (tertiary/aromatic N) is 1. The molecule has 3 N–H and O–H groups in total. The number of aliphatic hydroxyl groups is 2. The number of hydrogen-bond acceptors (Lipinski definition) is 7. The summed E-state index contributed by atoms with van der Waals surface area (Å²) in [6.07, 6.45) is 1.72. The second-order valence-electron chi connectivity index (χ2n) is 9.50. The highest BCUT2D eigenvalue weighted by atomic mass is 35.5. The van der Waals surface area contributed by atoms with Crippen LogP contribution in [0.15, 0.2) is 52.9 Å². The van der Waals surface area contributed by atoms with Crippen molar-refractivity contribution in [3.05, 3.63) is 75.2 Å². The van der Waals surface area contributed by atoms with Gasteiger partial charge in [0.05, 0.1) is 15.2 Å². The predicted molar refractivity (Wildman–Crippen MR) is 134 cm³/mol. The number of sulfone groups is 1. The number of aliphatic hydroxyl groups excluding tert-OH is 1. The Kier molecular flexibility index (Phi) is 6.86. The van der Waals surface area contributed by atoms with Gasteiger partial charge in [-0.25, -0.2) is 22.2 Å². The zero-order valence-corrected chi connectivity index (χ0v) is 21.7. The number of benzene rings is 2. The third-order valence-corrected chi connectivity index (χ3v) is 11.0. The number of anilines is 1. The molecule has 0 radical (unpaired) electrons. The first kappa shape index (κ1) is 26.2. The number of hydrogen-bond donors (Lipinski definition) is 3. The monoisotopic (exact) mass is 568 g/mol. The van der Waals surface area contributed by atoms with Gasteiger partial charge < -0.3 is 15.5 Å². The van der Waals surface area contributed by atoms with E-state index in [1.807, 2.05) is 0 Å². The highest BCUT2D eigenvalue weighted by Crippen LogP contribution is 2.56. The number of nitrogens with one attached hydrogen (secondary N) is 1. The quantitative estimate of drug-likeness (QED) is 0.395. The lowest BCUT2D eigenvalue weighted by atomic mass is 9.71. The molecule has 1 amide bonds. The molecular formula is C25H23ClF2N2O5S2. The summed E-state index contributed by atoms with van der Waals surface area (Å²) in [6.45, 7) is 0. The van der Waals surface area contributed by atoms with Crippen LogP contribution in [0.1, 0.15) is 47.2 Å². The van der Waals surface area contributed by atoms with E-state index < -0.39 is 56.2 Å². The molecule has 2 bridgehead atoms. The van der Waals surface area contributed by atoms with Crippen LogP contribution in [-0.2, 0) is 9.84 Å². The zero-order chi connectivity index (χ0) is 26.5. The number of carbonyl (C=O) groups is 1. The van der Waals surface area contributed by atoms with E-state index in [1.54, 1.807) is 11.6 Å². The van der Waals surface area contributed by atoms with Crippen molar-refractivity contribution in [3.63, 3.8) is 0 Å². The summed E-state index contributed by atoms with van der Waals surface area (Å²) in [4.78, 5) is 16.6. The number of amides is 1. The van der Waals surface area contributed by atoms with Crippen molar-refractivity contribution < 1.29 is 32.2 Å². The fraction of sp³-hybridized carbons (Fsp3) is 0.360. The summed E-state index contributed by atoms with van der Waals surface area (Å²) < 4.78 is 54.1. The topological polar surface area (TPSA) is 117 Å². The number of carbonyl (C=O) groups excluding carboxylic acids is 1. The van der Waals surface area contributed by atoms with Crippen molar-refractivity contribution in [1.82, 2.24) is 4.98 Å². The Hall–Kier alpha value is -2.44. The fourth-order valence-corrected chi connectivity index (χ4v) is 8.73. The molecule has 2 saturated carbocycles. The first-order chi connectivity index (χ1) is 17.5. The van der Waals surface area contributed by atoms with Gasteiger partial charge in [-0.15, -0.1) is 11.3 Å². The normalized spacial score (nSPS) is 26.1. The minimum Gasteiger partial charge on any atom is -0.386 e. The van der Waals surface area contributed by atoms with Crippen molar-refractivity contribution >= 4 is 44.4 Å². The Balaban J connectivity index is 1.39. The van der Waals surface area contributed by atoms with Crippen LogP contribution in [0.4, 0.5) is 14.5 Å². The maximum absolute atomic E-state index is 13.7. The van der Waals surface area contributed by atoms with Crippen LogP contribution in [0.2, 0.25) is 5.02 Å². The minimum absolute atomic E-state index is 0.00480. The summed E-state index contributed by atoms with van der Waals surface area (Å²) in [5, 5.41) is 26.0. The van der Waals surface area contributed by atoms with Crippen LogP contribution >= 0.6 is 22.9 Å². The van der Waals surface area contributed by atoms with Crippen LogP contribution in [0.25, 0.3) is 0 Å². The van der Waals surface area contributed by atoms with Crippen LogP contribution in [-0.4, -0.2) is 40.4 Å². The van der Waals surface area contributed by atoms with Gasteiger partial charge in [0, 0.05) is 28.9 Å². The Morgan fingerprint density at radius 2 is 1.84 bits per heavy atom.